The number of ether oxygens (including phenoxy) is 2. The number of carbonyl (C=O) groups excluding carboxylic acids is 1. The number of esters is 1. The van der Waals surface area contributed by atoms with Gasteiger partial charge in [-0.3, -0.25) is 0 Å². The maximum atomic E-state index is 11.9. The second kappa shape index (κ2) is 4.65. The second-order valence-corrected chi connectivity index (χ2v) is 5.67. The molecule has 0 spiro atoms. The van der Waals surface area contributed by atoms with Crippen LogP contribution in [-0.4, -0.2) is 18.2 Å². The highest BCUT2D eigenvalue weighted by atomic mass is 16.5. The zero-order chi connectivity index (χ0) is 15.2. The van der Waals surface area contributed by atoms with Crippen molar-refractivity contribution in [1.29, 1.82) is 0 Å². The summed E-state index contributed by atoms with van der Waals surface area (Å²) in [6.07, 6.45) is 3.97. The summed E-state index contributed by atoms with van der Waals surface area (Å²) in [7, 11) is 0. The van der Waals surface area contributed by atoms with Gasteiger partial charge in [-0.05, 0) is 52.0 Å². The van der Waals surface area contributed by atoms with Crippen molar-refractivity contribution in [3.63, 3.8) is 0 Å². The SMILES string of the molecule is CCOC(=O)c1oc2c3c(ccc2c1C)OC(C)(C)C=C3. The molecule has 3 rings (SSSR count). The Bertz CT molecular complexity index is 750. The largest absolute Gasteiger partial charge is 0.483 e. The fourth-order valence-electron chi connectivity index (χ4n) is 2.53. The van der Waals surface area contributed by atoms with E-state index in [1.54, 1.807) is 6.92 Å². The number of hydrogen-bond donors (Lipinski definition) is 0. The Morgan fingerprint density at radius 2 is 2.10 bits per heavy atom. The number of aryl methyl sites for hydroxylation is 1. The topological polar surface area (TPSA) is 48.7 Å². The smallest absolute Gasteiger partial charge is 0.374 e. The lowest BCUT2D eigenvalue weighted by Gasteiger charge is -2.27. The highest BCUT2D eigenvalue weighted by Crippen LogP contribution is 2.38. The molecule has 0 amide bonds. The predicted octanol–water partition coefficient (Wildman–Crippen LogP) is 4.10. The average molecular weight is 286 g/mol. The van der Waals surface area contributed by atoms with Crippen LogP contribution in [0.15, 0.2) is 22.6 Å². The summed E-state index contributed by atoms with van der Waals surface area (Å²) >= 11 is 0. The van der Waals surface area contributed by atoms with Gasteiger partial charge in [0.15, 0.2) is 0 Å². The molecule has 0 fully saturated rings. The van der Waals surface area contributed by atoms with E-state index < -0.39 is 5.97 Å². The van der Waals surface area contributed by atoms with E-state index in [1.165, 1.54) is 0 Å². The third kappa shape index (κ3) is 2.20. The Labute approximate surface area is 123 Å². The molecule has 0 unspecified atom stereocenters. The summed E-state index contributed by atoms with van der Waals surface area (Å²) in [6, 6.07) is 3.84. The highest BCUT2D eigenvalue weighted by molar-refractivity contribution is 5.99. The first-order valence-corrected chi connectivity index (χ1v) is 7.04. The summed E-state index contributed by atoms with van der Waals surface area (Å²) in [5, 5.41) is 0.907. The van der Waals surface area contributed by atoms with Crippen LogP contribution in [0.4, 0.5) is 0 Å². The van der Waals surface area contributed by atoms with Gasteiger partial charge in [-0.2, -0.15) is 0 Å². The number of furan rings is 1. The molecule has 21 heavy (non-hydrogen) atoms. The van der Waals surface area contributed by atoms with E-state index >= 15 is 0 Å². The van der Waals surface area contributed by atoms with Crippen molar-refractivity contribution in [2.45, 2.75) is 33.3 Å². The fourth-order valence-corrected chi connectivity index (χ4v) is 2.53. The van der Waals surface area contributed by atoms with Crippen molar-refractivity contribution in [2.75, 3.05) is 6.61 Å². The number of carbonyl (C=O) groups is 1. The standard InChI is InChI=1S/C17H18O4/c1-5-19-16(18)14-10(2)11-6-7-13-12(15(11)20-14)8-9-17(3,4)21-13/h6-9H,5H2,1-4H3. The van der Waals surface area contributed by atoms with Crippen LogP contribution in [0.5, 0.6) is 5.75 Å². The molecule has 4 nitrogen and oxygen atoms in total. The first kappa shape index (κ1) is 13.7. The number of hydrogen-bond acceptors (Lipinski definition) is 4. The minimum absolute atomic E-state index is 0.262. The molecule has 1 aliphatic heterocycles. The van der Waals surface area contributed by atoms with Crippen LogP contribution < -0.4 is 4.74 Å². The van der Waals surface area contributed by atoms with Crippen LogP contribution in [0.3, 0.4) is 0 Å². The van der Waals surface area contributed by atoms with E-state index in [4.69, 9.17) is 13.9 Å². The average Bonchev–Trinajstić information content (AvgIpc) is 2.75. The molecule has 0 bridgehead atoms. The summed E-state index contributed by atoms with van der Waals surface area (Å²) in [6.45, 7) is 7.95. The molecule has 2 heterocycles. The lowest BCUT2D eigenvalue weighted by atomic mass is 10.0. The monoisotopic (exact) mass is 286 g/mol. The second-order valence-electron chi connectivity index (χ2n) is 5.67. The third-order valence-electron chi connectivity index (χ3n) is 3.59. The predicted molar refractivity (Wildman–Crippen MR) is 80.6 cm³/mol. The van der Waals surface area contributed by atoms with Crippen LogP contribution in [0.2, 0.25) is 0 Å². The van der Waals surface area contributed by atoms with Gasteiger partial charge in [0, 0.05) is 10.9 Å². The van der Waals surface area contributed by atoms with Crippen molar-refractivity contribution >= 4 is 23.0 Å². The van der Waals surface area contributed by atoms with Gasteiger partial charge in [-0.1, -0.05) is 0 Å². The molecular formula is C17H18O4. The van der Waals surface area contributed by atoms with Gasteiger partial charge >= 0.3 is 5.97 Å². The molecule has 0 radical (unpaired) electrons. The zero-order valence-corrected chi connectivity index (χ0v) is 12.6. The van der Waals surface area contributed by atoms with Gasteiger partial charge in [0.25, 0.3) is 0 Å². The first-order chi connectivity index (χ1) is 9.93. The van der Waals surface area contributed by atoms with Gasteiger partial charge in [-0.15, -0.1) is 0 Å². The van der Waals surface area contributed by atoms with E-state index in [9.17, 15) is 4.79 Å². The summed E-state index contributed by atoms with van der Waals surface area (Å²) < 4.78 is 16.7. The molecule has 0 N–H and O–H groups in total. The lowest BCUT2D eigenvalue weighted by Crippen LogP contribution is -2.27. The summed E-state index contributed by atoms with van der Waals surface area (Å²) in [5.74, 6) is 0.596. The van der Waals surface area contributed by atoms with Gasteiger partial charge < -0.3 is 13.9 Å². The highest BCUT2D eigenvalue weighted by Gasteiger charge is 2.26. The zero-order valence-electron chi connectivity index (χ0n) is 12.6. The molecule has 2 aromatic rings. The lowest BCUT2D eigenvalue weighted by molar-refractivity contribution is 0.0491. The van der Waals surface area contributed by atoms with Crippen LogP contribution in [-0.2, 0) is 4.74 Å². The molecule has 110 valence electrons. The molecule has 1 aromatic heterocycles. The van der Waals surface area contributed by atoms with Crippen LogP contribution in [0, 0.1) is 6.92 Å². The van der Waals surface area contributed by atoms with E-state index in [1.807, 2.05) is 45.1 Å². The molecule has 0 atom stereocenters. The number of fused-ring (bicyclic) bond motifs is 3. The Morgan fingerprint density at radius 3 is 2.81 bits per heavy atom. The van der Waals surface area contributed by atoms with Crippen molar-refractivity contribution in [3.8, 4) is 5.75 Å². The van der Waals surface area contributed by atoms with Crippen molar-refractivity contribution < 1.29 is 18.7 Å². The Kier molecular flexibility index (Phi) is 3.04. The fraction of sp³-hybridized carbons (Fsp3) is 0.353. The van der Waals surface area contributed by atoms with Crippen LogP contribution in [0.1, 0.15) is 42.5 Å². The molecular weight excluding hydrogens is 268 g/mol. The molecule has 0 saturated heterocycles. The Morgan fingerprint density at radius 1 is 1.33 bits per heavy atom. The van der Waals surface area contributed by atoms with Gasteiger partial charge in [-0.25, -0.2) is 4.79 Å². The van der Waals surface area contributed by atoms with E-state index in [0.29, 0.717) is 12.2 Å². The number of benzene rings is 1. The molecule has 0 aliphatic carbocycles. The van der Waals surface area contributed by atoms with Crippen LogP contribution in [0.25, 0.3) is 17.0 Å². The van der Waals surface area contributed by atoms with Crippen LogP contribution >= 0.6 is 0 Å². The first-order valence-electron chi connectivity index (χ1n) is 7.04. The minimum Gasteiger partial charge on any atom is -0.483 e. The van der Waals surface area contributed by atoms with Crippen molar-refractivity contribution in [1.82, 2.24) is 0 Å². The van der Waals surface area contributed by atoms with Gasteiger partial charge in [0.05, 0.1) is 12.2 Å². The summed E-state index contributed by atoms with van der Waals surface area (Å²) in [4.78, 5) is 11.9. The third-order valence-corrected chi connectivity index (χ3v) is 3.59. The normalized spacial score (nSPS) is 15.6. The van der Waals surface area contributed by atoms with Crippen molar-refractivity contribution in [3.05, 3.63) is 35.1 Å². The summed E-state index contributed by atoms with van der Waals surface area (Å²) in [5.41, 5.74) is 1.99. The van der Waals surface area contributed by atoms with Gasteiger partial charge in [0.1, 0.15) is 16.9 Å². The maximum Gasteiger partial charge on any atom is 0.374 e. The quantitative estimate of drug-likeness (QED) is 0.780. The van der Waals surface area contributed by atoms with E-state index in [0.717, 1.165) is 22.3 Å². The van der Waals surface area contributed by atoms with E-state index in [-0.39, 0.29) is 11.4 Å². The molecule has 0 saturated carbocycles. The van der Waals surface area contributed by atoms with Gasteiger partial charge in [0.2, 0.25) is 5.76 Å². The Hall–Kier alpha value is -2.23. The van der Waals surface area contributed by atoms with E-state index in [2.05, 4.69) is 0 Å². The number of rotatable bonds is 2. The maximum absolute atomic E-state index is 11.9. The molecule has 1 aliphatic rings. The van der Waals surface area contributed by atoms with Crippen molar-refractivity contribution in [2.24, 2.45) is 0 Å². The molecule has 4 heteroatoms. The Balaban J connectivity index is 2.18. The molecule has 1 aromatic carbocycles. The minimum atomic E-state index is -0.430.